The predicted molar refractivity (Wildman–Crippen MR) is 85.8 cm³/mol. The van der Waals surface area contributed by atoms with Crippen LogP contribution in [0.1, 0.15) is 32.6 Å². The van der Waals surface area contributed by atoms with Gasteiger partial charge in [-0.2, -0.15) is 0 Å². The molecule has 0 radical (unpaired) electrons. The number of hydrogen-bond acceptors (Lipinski definition) is 3. The van der Waals surface area contributed by atoms with Crippen LogP contribution in [0.2, 0.25) is 0 Å². The Morgan fingerprint density at radius 1 is 1.19 bits per heavy atom. The van der Waals surface area contributed by atoms with E-state index in [1.807, 2.05) is 6.07 Å². The number of benzene rings is 1. The molecule has 6 heteroatoms. The molecule has 0 atom stereocenters. The number of para-hydroxylation sites is 1. The molecule has 1 rings (SSSR count). The fourth-order valence-corrected chi connectivity index (χ4v) is 3.01. The van der Waals surface area contributed by atoms with E-state index in [1.165, 1.54) is 11.4 Å². The van der Waals surface area contributed by atoms with Crippen LogP contribution < -0.4 is 9.62 Å². The smallest absolute Gasteiger partial charge is 0.235 e. The van der Waals surface area contributed by atoms with Gasteiger partial charge in [0, 0.05) is 20.0 Å². The highest BCUT2D eigenvalue weighted by molar-refractivity contribution is 7.92. The highest BCUT2D eigenvalue weighted by atomic mass is 32.2. The first-order chi connectivity index (χ1) is 9.97. The first-order valence-corrected chi connectivity index (χ1v) is 8.86. The van der Waals surface area contributed by atoms with Gasteiger partial charge in [0.1, 0.15) is 0 Å². The van der Waals surface area contributed by atoms with Crippen molar-refractivity contribution in [1.29, 1.82) is 0 Å². The fraction of sp³-hybridized carbons (Fsp3) is 0.533. The summed E-state index contributed by atoms with van der Waals surface area (Å²) in [6, 6.07) is 8.84. The SMILES string of the molecule is CCCCCNC(=O)CCS(=O)(=O)N(C)c1ccccc1. The van der Waals surface area contributed by atoms with E-state index in [0.29, 0.717) is 12.2 Å². The van der Waals surface area contributed by atoms with Crippen molar-refractivity contribution in [3.05, 3.63) is 30.3 Å². The second kappa shape index (κ2) is 8.67. The van der Waals surface area contributed by atoms with Crippen LogP contribution in [0.25, 0.3) is 0 Å². The Bertz CT molecular complexity index is 529. The molecule has 5 nitrogen and oxygen atoms in total. The summed E-state index contributed by atoms with van der Waals surface area (Å²) in [5.41, 5.74) is 0.598. The summed E-state index contributed by atoms with van der Waals surface area (Å²) in [6.07, 6.45) is 3.08. The van der Waals surface area contributed by atoms with Gasteiger partial charge in [-0.05, 0) is 18.6 Å². The Kier molecular flexibility index (Phi) is 7.22. The van der Waals surface area contributed by atoms with E-state index in [9.17, 15) is 13.2 Å². The number of nitrogens with zero attached hydrogens (tertiary/aromatic N) is 1. The summed E-state index contributed by atoms with van der Waals surface area (Å²) in [5.74, 6) is -0.394. The third-order valence-corrected chi connectivity index (χ3v) is 4.99. The Hall–Kier alpha value is -1.56. The van der Waals surface area contributed by atoms with Crippen LogP contribution in [0.4, 0.5) is 5.69 Å². The molecule has 21 heavy (non-hydrogen) atoms. The lowest BCUT2D eigenvalue weighted by Gasteiger charge is -2.19. The molecule has 0 saturated heterocycles. The number of nitrogens with one attached hydrogen (secondary N) is 1. The molecule has 0 fully saturated rings. The molecule has 0 saturated carbocycles. The predicted octanol–water partition coefficient (Wildman–Crippen LogP) is 2.15. The normalized spacial score (nSPS) is 11.1. The molecule has 0 spiro atoms. The minimum Gasteiger partial charge on any atom is -0.356 e. The zero-order chi connectivity index (χ0) is 15.7. The van der Waals surface area contributed by atoms with Crippen LogP contribution in [0.5, 0.6) is 0 Å². The number of unbranched alkanes of at least 4 members (excludes halogenated alkanes) is 2. The fourth-order valence-electron chi connectivity index (χ4n) is 1.85. The molecule has 0 aliphatic rings. The standard InChI is InChI=1S/C15H24N2O3S/c1-3-4-8-12-16-15(18)11-13-21(19,20)17(2)14-9-6-5-7-10-14/h5-7,9-10H,3-4,8,11-13H2,1-2H3,(H,16,18). The zero-order valence-corrected chi connectivity index (χ0v) is 13.5. The van der Waals surface area contributed by atoms with E-state index in [0.717, 1.165) is 19.3 Å². The van der Waals surface area contributed by atoms with Crippen molar-refractivity contribution in [2.75, 3.05) is 23.7 Å². The lowest BCUT2D eigenvalue weighted by atomic mass is 10.2. The van der Waals surface area contributed by atoms with Gasteiger partial charge < -0.3 is 5.32 Å². The highest BCUT2D eigenvalue weighted by Gasteiger charge is 2.19. The highest BCUT2D eigenvalue weighted by Crippen LogP contribution is 2.15. The molecule has 118 valence electrons. The summed E-state index contributed by atoms with van der Waals surface area (Å²) in [5, 5.41) is 2.75. The Balaban J connectivity index is 2.44. The van der Waals surface area contributed by atoms with Gasteiger partial charge in [-0.1, -0.05) is 38.0 Å². The van der Waals surface area contributed by atoms with E-state index < -0.39 is 10.0 Å². The summed E-state index contributed by atoms with van der Waals surface area (Å²) < 4.78 is 25.5. The third-order valence-electron chi connectivity index (χ3n) is 3.23. The van der Waals surface area contributed by atoms with Gasteiger partial charge in [-0.3, -0.25) is 9.10 Å². The number of amides is 1. The maximum absolute atomic E-state index is 12.2. The van der Waals surface area contributed by atoms with Crippen molar-refractivity contribution in [2.45, 2.75) is 32.6 Å². The van der Waals surface area contributed by atoms with Crippen LogP contribution in [0, 0.1) is 0 Å². The van der Waals surface area contributed by atoms with Crippen molar-refractivity contribution >= 4 is 21.6 Å². The minimum absolute atomic E-state index is 0.00830. The van der Waals surface area contributed by atoms with E-state index >= 15 is 0 Å². The summed E-state index contributed by atoms with van der Waals surface area (Å²) in [7, 11) is -1.97. The van der Waals surface area contributed by atoms with Crippen molar-refractivity contribution < 1.29 is 13.2 Å². The topological polar surface area (TPSA) is 66.5 Å². The largest absolute Gasteiger partial charge is 0.356 e. The van der Waals surface area contributed by atoms with Crippen molar-refractivity contribution in [2.24, 2.45) is 0 Å². The molecule has 1 aromatic rings. The van der Waals surface area contributed by atoms with Crippen molar-refractivity contribution in [3.63, 3.8) is 0 Å². The number of rotatable bonds is 9. The molecule has 0 bridgehead atoms. The van der Waals surface area contributed by atoms with Gasteiger partial charge in [-0.25, -0.2) is 8.42 Å². The van der Waals surface area contributed by atoms with Crippen LogP contribution in [-0.2, 0) is 14.8 Å². The molecule has 1 aromatic carbocycles. The second-order valence-corrected chi connectivity index (χ2v) is 7.05. The molecular weight excluding hydrogens is 288 g/mol. The van der Waals surface area contributed by atoms with Crippen LogP contribution in [0.15, 0.2) is 30.3 Å². The number of carbonyl (C=O) groups excluding carboxylic acids is 1. The zero-order valence-electron chi connectivity index (χ0n) is 12.7. The number of carbonyl (C=O) groups is 1. The Morgan fingerprint density at radius 3 is 2.48 bits per heavy atom. The maximum Gasteiger partial charge on any atom is 0.235 e. The maximum atomic E-state index is 12.2. The Morgan fingerprint density at radius 2 is 1.86 bits per heavy atom. The number of hydrogen-bond donors (Lipinski definition) is 1. The van der Waals surface area contributed by atoms with E-state index in [2.05, 4.69) is 12.2 Å². The van der Waals surface area contributed by atoms with Gasteiger partial charge in [-0.15, -0.1) is 0 Å². The molecule has 0 aliphatic heterocycles. The molecule has 1 N–H and O–H groups in total. The molecule has 0 aromatic heterocycles. The molecule has 0 unspecified atom stereocenters. The van der Waals surface area contributed by atoms with Crippen LogP contribution in [-0.4, -0.2) is 33.7 Å². The lowest BCUT2D eigenvalue weighted by Crippen LogP contribution is -2.32. The van der Waals surface area contributed by atoms with Crippen LogP contribution in [0.3, 0.4) is 0 Å². The van der Waals surface area contributed by atoms with E-state index in [-0.39, 0.29) is 18.1 Å². The van der Waals surface area contributed by atoms with E-state index in [1.54, 1.807) is 24.3 Å². The van der Waals surface area contributed by atoms with Crippen molar-refractivity contribution in [1.82, 2.24) is 5.32 Å². The first kappa shape index (κ1) is 17.5. The van der Waals surface area contributed by atoms with Gasteiger partial charge in [0.2, 0.25) is 15.9 Å². The monoisotopic (exact) mass is 312 g/mol. The van der Waals surface area contributed by atoms with Crippen LogP contribution >= 0.6 is 0 Å². The van der Waals surface area contributed by atoms with Gasteiger partial charge in [0.15, 0.2) is 0 Å². The molecule has 0 aliphatic carbocycles. The lowest BCUT2D eigenvalue weighted by molar-refractivity contribution is -0.120. The van der Waals surface area contributed by atoms with E-state index in [4.69, 9.17) is 0 Å². The van der Waals surface area contributed by atoms with Gasteiger partial charge >= 0.3 is 0 Å². The first-order valence-electron chi connectivity index (χ1n) is 7.25. The molecule has 1 amide bonds. The quantitative estimate of drug-likeness (QED) is 0.711. The average molecular weight is 312 g/mol. The molecular formula is C15H24N2O3S. The summed E-state index contributed by atoms with van der Waals surface area (Å²) >= 11 is 0. The van der Waals surface area contributed by atoms with Gasteiger partial charge in [0.05, 0.1) is 11.4 Å². The third kappa shape index (κ3) is 6.16. The second-order valence-electron chi connectivity index (χ2n) is 4.93. The Labute approximate surface area is 127 Å². The van der Waals surface area contributed by atoms with Crippen molar-refractivity contribution in [3.8, 4) is 0 Å². The van der Waals surface area contributed by atoms with Gasteiger partial charge in [0.25, 0.3) is 0 Å². The molecule has 0 heterocycles. The summed E-state index contributed by atoms with van der Waals surface area (Å²) in [6.45, 7) is 2.70. The summed E-state index contributed by atoms with van der Waals surface area (Å²) in [4.78, 5) is 11.6. The number of sulfonamides is 1. The average Bonchev–Trinajstić information content (AvgIpc) is 2.50. The number of anilines is 1. The minimum atomic E-state index is -3.47.